The number of phosphoric acid groups is 1. The summed E-state index contributed by atoms with van der Waals surface area (Å²) in [5.74, 6) is 0. The summed E-state index contributed by atoms with van der Waals surface area (Å²) >= 11 is 0. The number of aromatic amines is 1. The maximum Gasteiger partial charge on any atom is 0.472 e. The van der Waals surface area contributed by atoms with E-state index >= 15 is 0 Å². The van der Waals surface area contributed by atoms with Gasteiger partial charge in [0, 0.05) is 18.2 Å². The van der Waals surface area contributed by atoms with Crippen molar-refractivity contribution >= 4 is 7.82 Å². The van der Waals surface area contributed by atoms with Crippen LogP contribution in [0, 0.1) is 0 Å². The molecule has 1 aromatic heterocycles. The molecule has 0 aromatic carbocycles. The Morgan fingerprint density at radius 1 is 1.43 bits per heavy atom. The molecule has 2 aliphatic rings. The molecule has 2 aliphatic heterocycles. The molecule has 3 heterocycles. The van der Waals surface area contributed by atoms with Gasteiger partial charge in [0.25, 0.3) is 5.56 Å². The third-order valence-electron chi connectivity index (χ3n) is 3.72. The molecule has 2 saturated heterocycles. The highest BCUT2D eigenvalue weighted by atomic mass is 31.2. The number of hydrogen-bond donors (Lipinski definition) is 3. The van der Waals surface area contributed by atoms with Crippen molar-refractivity contribution in [3.05, 3.63) is 32.6 Å². The molecule has 2 fully saturated rings. The zero-order valence-corrected chi connectivity index (χ0v) is 13.5. The second-order valence-electron chi connectivity index (χ2n) is 5.34. The van der Waals surface area contributed by atoms with Gasteiger partial charge < -0.3 is 15.8 Å². The molecule has 4 atom stereocenters. The molecule has 10 nitrogen and oxygen atoms in total. The maximum absolute atomic E-state index is 12.0. The minimum atomic E-state index is -4.04. The first-order chi connectivity index (χ1) is 10.4. The number of rotatable bonds is 3. The van der Waals surface area contributed by atoms with Crippen LogP contribution >= 0.6 is 7.82 Å². The first-order valence-electron chi connectivity index (χ1n) is 7.05. The number of aryl methyl sites for hydroxylation is 1. The fourth-order valence-electron chi connectivity index (χ4n) is 2.69. The highest BCUT2D eigenvalue weighted by molar-refractivity contribution is 7.47. The molecular weight excluding hydrogens is 329 g/mol. The lowest BCUT2D eigenvalue weighted by Gasteiger charge is -2.26. The Morgan fingerprint density at radius 2 is 2.17 bits per heavy atom. The minimum Gasteiger partial charge on any atom is -0.349 e. The van der Waals surface area contributed by atoms with Gasteiger partial charge in [-0.2, -0.15) is 0 Å². The Hall–Kier alpha value is -1.29. The highest BCUT2D eigenvalue weighted by Crippen LogP contribution is 2.52. The van der Waals surface area contributed by atoms with Gasteiger partial charge in [0.1, 0.15) is 18.4 Å². The molecule has 0 bridgehead atoms. The normalized spacial score (nSPS) is 33.0. The monoisotopic (exact) mass is 349 g/mol. The summed E-state index contributed by atoms with van der Waals surface area (Å²) in [4.78, 5) is 35.3. The quantitative estimate of drug-likeness (QED) is 0.664. The number of phosphoric ester groups is 1. The van der Waals surface area contributed by atoms with Gasteiger partial charge in [0.2, 0.25) is 0 Å². The zero-order chi connectivity index (χ0) is 15.9. The molecule has 1 aromatic rings. The van der Waals surface area contributed by atoms with Gasteiger partial charge in [-0.05, 0) is 6.42 Å². The Balaban J connectivity index is 0.00000192. The van der Waals surface area contributed by atoms with Crippen molar-refractivity contribution in [2.75, 3.05) is 6.61 Å². The molecule has 3 rings (SSSR count). The number of aromatic nitrogens is 2. The Labute approximate surface area is 131 Å². The number of nitrogens with zero attached hydrogens (tertiary/aromatic N) is 1. The van der Waals surface area contributed by atoms with Crippen LogP contribution in [0.2, 0.25) is 0 Å². The summed E-state index contributed by atoms with van der Waals surface area (Å²) in [6, 6.07) is 0. The molecule has 5 N–H and O–H groups in total. The maximum atomic E-state index is 12.0. The van der Waals surface area contributed by atoms with Crippen LogP contribution in [0.5, 0.6) is 0 Å². The average molecular weight is 349 g/mol. The second kappa shape index (κ2) is 6.68. The third-order valence-corrected chi connectivity index (χ3v) is 4.73. The third kappa shape index (κ3) is 3.63. The van der Waals surface area contributed by atoms with Crippen molar-refractivity contribution in [1.29, 1.82) is 0 Å². The molecule has 11 heteroatoms. The van der Waals surface area contributed by atoms with E-state index in [9.17, 15) is 19.0 Å². The predicted molar refractivity (Wildman–Crippen MR) is 79.5 cm³/mol. The molecule has 0 radical (unpaired) electrons. The van der Waals surface area contributed by atoms with Crippen LogP contribution in [-0.2, 0) is 24.8 Å². The van der Waals surface area contributed by atoms with Crippen molar-refractivity contribution in [2.45, 2.75) is 44.6 Å². The van der Waals surface area contributed by atoms with Gasteiger partial charge in [-0.15, -0.1) is 0 Å². The van der Waals surface area contributed by atoms with Crippen LogP contribution in [0.25, 0.3) is 0 Å². The van der Waals surface area contributed by atoms with Crippen molar-refractivity contribution in [3.63, 3.8) is 0 Å². The molecule has 0 saturated carbocycles. The van der Waals surface area contributed by atoms with E-state index in [1.54, 1.807) is 0 Å². The summed E-state index contributed by atoms with van der Waals surface area (Å²) < 4.78 is 28.0. The van der Waals surface area contributed by atoms with Crippen molar-refractivity contribution in [3.8, 4) is 0 Å². The molecule has 0 spiro atoms. The van der Waals surface area contributed by atoms with Gasteiger partial charge in [-0.25, -0.2) is 9.36 Å². The van der Waals surface area contributed by atoms with Gasteiger partial charge in [-0.1, -0.05) is 13.3 Å². The van der Waals surface area contributed by atoms with Crippen molar-refractivity contribution < 1.29 is 23.2 Å². The van der Waals surface area contributed by atoms with Crippen molar-refractivity contribution in [1.82, 2.24) is 15.7 Å². The van der Waals surface area contributed by atoms with Gasteiger partial charge in [-0.3, -0.25) is 23.4 Å². The molecule has 0 amide bonds. The lowest BCUT2D eigenvalue weighted by atomic mass is 10.2. The van der Waals surface area contributed by atoms with E-state index in [2.05, 4.69) is 4.98 Å². The fourth-order valence-corrected chi connectivity index (χ4v) is 3.65. The highest BCUT2D eigenvalue weighted by Gasteiger charge is 2.46. The van der Waals surface area contributed by atoms with Gasteiger partial charge >= 0.3 is 13.5 Å². The van der Waals surface area contributed by atoms with E-state index in [4.69, 9.17) is 13.8 Å². The smallest absolute Gasteiger partial charge is 0.349 e. The summed E-state index contributed by atoms with van der Waals surface area (Å²) in [5.41, 5.74) is -0.495. The number of hydrogen-bond acceptors (Lipinski definition) is 7. The average Bonchev–Trinajstić information content (AvgIpc) is 2.83. The van der Waals surface area contributed by atoms with E-state index in [0.717, 1.165) is 6.42 Å². The summed E-state index contributed by atoms with van der Waals surface area (Å²) in [5, 5.41) is 0. The van der Waals surface area contributed by atoms with Gasteiger partial charge in [0.05, 0.1) is 6.61 Å². The van der Waals surface area contributed by atoms with E-state index in [1.165, 1.54) is 10.8 Å². The van der Waals surface area contributed by atoms with Crippen molar-refractivity contribution in [2.24, 2.45) is 0 Å². The van der Waals surface area contributed by atoms with Crippen LogP contribution in [0.3, 0.4) is 0 Å². The SMILES string of the molecule is CCCc1cn([C@H]2C[C@@H]3OP(=O)(O)OC[C@H]3O2)c(=O)[nH]c1=O.N. The Morgan fingerprint density at radius 3 is 2.87 bits per heavy atom. The molecular formula is C12H20N3O7P. The number of fused-ring (bicyclic) bond motifs is 1. The summed E-state index contributed by atoms with van der Waals surface area (Å²) in [7, 11) is -4.04. The van der Waals surface area contributed by atoms with Crippen LogP contribution in [0.15, 0.2) is 15.8 Å². The molecule has 130 valence electrons. The van der Waals surface area contributed by atoms with Crippen LogP contribution < -0.4 is 17.4 Å². The number of H-pyrrole nitrogens is 1. The molecule has 1 unspecified atom stereocenters. The first-order valence-corrected chi connectivity index (χ1v) is 8.54. The van der Waals surface area contributed by atoms with Crippen LogP contribution in [0.4, 0.5) is 0 Å². The number of nitrogens with one attached hydrogen (secondary N) is 1. The lowest BCUT2D eigenvalue weighted by Crippen LogP contribution is -2.34. The topological polar surface area (TPSA) is 155 Å². The largest absolute Gasteiger partial charge is 0.472 e. The van der Waals surface area contributed by atoms with Crippen LogP contribution in [0.1, 0.15) is 31.6 Å². The zero-order valence-electron chi connectivity index (χ0n) is 12.6. The fraction of sp³-hybridized carbons (Fsp3) is 0.667. The second-order valence-corrected chi connectivity index (χ2v) is 6.75. The predicted octanol–water partition coefficient (Wildman–Crippen LogP) is 0.454. The van der Waals surface area contributed by atoms with E-state index in [0.29, 0.717) is 12.0 Å². The lowest BCUT2D eigenvalue weighted by molar-refractivity contribution is -0.0680. The standard InChI is InChI=1S/C12H17N2O7P.H3N/c1-2-3-7-5-14(12(16)13-11(7)15)10-4-8-9(20-10)6-19-22(17,18)21-8;/h5,8-10H,2-4,6H2,1H3,(H,17,18)(H,13,15,16);1H3/t8-,9+,10+;/m0./s1. The Bertz CT molecular complexity index is 730. The van der Waals surface area contributed by atoms with E-state index in [1.807, 2.05) is 6.92 Å². The van der Waals surface area contributed by atoms with Crippen LogP contribution in [-0.4, -0.2) is 33.3 Å². The molecule has 23 heavy (non-hydrogen) atoms. The number of ether oxygens (including phenoxy) is 1. The van der Waals surface area contributed by atoms with E-state index in [-0.39, 0.29) is 19.2 Å². The minimum absolute atomic E-state index is 0. The van der Waals surface area contributed by atoms with Gasteiger partial charge in [0.15, 0.2) is 0 Å². The first kappa shape index (κ1) is 18.1. The summed E-state index contributed by atoms with van der Waals surface area (Å²) in [6.45, 7) is 1.86. The summed E-state index contributed by atoms with van der Waals surface area (Å²) in [6.07, 6.45) is 1.21. The van der Waals surface area contributed by atoms with E-state index < -0.39 is 37.5 Å². The Kier molecular flexibility index (Phi) is 5.24. The molecule has 0 aliphatic carbocycles.